The van der Waals surface area contributed by atoms with Crippen LogP contribution in [0.1, 0.15) is 23.7 Å². The van der Waals surface area contributed by atoms with Crippen molar-refractivity contribution in [2.75, 3.05) is 24.6 Å². The van der Waals surface area contributed by atoms with E-state index in [2.05, 4.69) is 25.2 Å². The fourth-order valence-corrected chi connectivity index (χ4v) is 3.40. The highest BCUT2D eigenvalue weighted by atomic mass is 16.5. The summed E-state index contributed by atoms with van der Waals surface area (Å²) in [5, 5.41) is 3.11. The summed E-state index contributed by atoms with van der Waals surface area (Å²) in [6, 6.07) is 13.2. The Morgan fingerprint density at radius 2 is 2.18 bits per heavy atom. The minimum absolute atomic E-state index is 0.0416. The Labute approximate surface area is 163 Å². The van der Waals surface area contributed by atoms with E-state index in [1.54, 1.807) is 12.3 Å². The number of hydrogen-bond donors (Lipinski definition) is 2. The summed E-state index contributed by atoms with van der Waals surface area (Å²) in [4.78, 5) is 27.0. The van der Waals surface area contributed by atoms with Crippen molar-refractivity contribution in [3.05, 3.63) is 60.4 Å². The number of nitrogens with one attached hydrogen (secondary N) is 2. The van der Waals surface area contributed by atoms with Crippen molar-refractivity contribution in [1.82, 2.24) is 20.3 Å². The van der Waals surface area contributed by atoms with Gasteiger partial charge in [0.2, 0.25) is 5.95 Å². The van der Waals surface area contributed by atoms with Gasteiger partial charge in [-0.05, 0) is 43.7 Å². The van der Waals surface area contributed by atoms with Gasteiger partial charge in [-0.25, -0.2) is 9.97 Å². The van der Waals surface area contributed by atoms with Gasteiger partial charge in [0.25, 0.3) is 5.91 Å². The molecule has 0 spiro atoms. The van der Waals surface area contributed by atoms with Gasteiger partial charge in [0.15, 0.2) is 0 Å². The lowest BCUT2D eigenvalue weighted by Gasteiger charge is -2.18. The molecule has 28 heavy (non-hydrogen) atoms. The summed E-state index contributed by atoms with van der Waals surface area (Å²) in [5.41, 5.74) is 2.38. The number of hydrogen-bond acceptors (Lipinski definition) is 5. The van der Waals surface area contributed by atoms with Crippen LogP contribution < -0.4 is 15.0 Å². The van der Waals surface area contributed by atoms with E-state index in [1.165, 1.54) is 0 Å². The highest BCUT2D eigenvalue weighted by Crippen LogP contribution is 2.22. The Morgan fingerprint density at radius 3 is 3.00 bits per heavy atom. The van der Waals surface area contributed by atoms with Crippen LogP contribution in [0.2, 0.25) is 0 Å². The molecule has 0 radical (unpaired) electrons. The summed E-state index contributed by atoms with van der Waals surface area (Å²) >= 11 is 0. The zero-order chi connectivity index (χ0) is 19.3. The van der Waals surface area contributed by atoms with E-state index in [1.807, 2.05) is 49.5 Å². The minimum atomic E-state index is -0.114. The normalized spacial score (nSPS) is 16.2. The molecule has 2 aromatic heterocycles. The lowest BCUT2D eigenvalue weighted by Crippen LogP contribution is -2.37. The Bertz CT molecular complexity index is 941. The summed E-state index contributed by atoms with van der Waals surface area (Å²) in [6.07, 6.45) is 4.49. The first-order valence-electron chi connectivity index (χ1n) is 9.49. The summed E-state index contributed by atoms with van der Waals surface area (Å²) in [6.45, 7) is 3.91. The number of rotatable bonds is 6. The molecule has 2 N–H and O–H groups in total. The van der Waals surface area contributed by atoms with Crippen molar-refractivity contribution < 1.29 is 9.53 Å². The zero-order valence-corrected chi connectivity index (χ0v) is 15.8. The summed E-state index contributed by atoms with van der Waals surface area (Å²) in [5.74, 6) is 1.18. The molecule has 144 valence electrons. The average molecular weight is 377 g/mol. The number of carbonyl (C=O) groups excluding carboxylic acids is 1. The molecular weight excluding hydrogens is 354 g/mol. The van der Waals surface area contributed by atoms with E-state index in [0.29, 0.717) is 30.4 Å². The Balaban J connectivity index is 1.42. The molecule has 0 aliphatic carbocycles. The van der Waals surface area contributed by atoms with E-state index < -0.39 is 0 Å². The van der Waals surface area contributed by atoms with Crippen molar-refractivity contribution in [2.24, 2.45) is 0 Å². The average Bonchev–Trinajstić information content (AvgIpc) is 3.41. The lowest BCUT2D eigenvalue weighted by atomic mass is 10.1. The van der Waals surface area contributed by atoms with Gasteiger partial charge in [-0.1, -0.05) is 12.1 Å². The maximum atomic E-state index is 12.7. The number of aromatic amines is 1. The number of carbonyl (C=O) groups is 1. The van der Waals surface area contributed by atoms with Crippen LogP contribution in [-0.2, 0) is 0 Å². The highest BCUT2D eigenvalue weighted by Gasteiger charge is 2.27. The molecule has 7 nitrogen and oxygen atoms in total. The first kappa shape index (κ1) is 18.0. The third-order valence-corrected chi connectivity index (χ3v) is 4.75. The molecule has 1 atom stereocenters. The number of anilines is 1. The van der Waals surface area contributed by atoms with Gasteiger partial charge in [0.05, 0.1) is 23.6 Å². The topological polar surface area (TPSA) is 83.1 Å². The number of aromatic nitrogens is 3. The molecule has 1 aliphatic heterocycles. The van der Waals surface area contributed by atoms with Gasteiger partial charge >= 0.3 is 0 Å². The van der Waals surface area contributed by atoms with Crippen LogP contribution in [0.5, 0.6) is 5.75 Å². The number of benzene rings is 1. The number of nitrogens with zero attached hydrogens (tertiary/aromatic N) is 3. The molecule has 1 unspecified atom stereocenters. The van der Waals surface area contributed by atoms with Gasteiger partial charge in [0, 0.05) is 31.5 Å². The van der Waals surface area contributed by atoms with Gasteiger partial charge < -0.3 is 19.9 Å². The number of H-pyrrole nitrogens is 1. The second-order valence-electron chi connectivity index (χ2n) is 6.66. The maximum absolute atomic E-state index is 12.7. The summed E-state index contributed by atoms with van der Waals surface area (Å²) in [7, 11) is 0. The molecule has 4 rings (SSSR count). The molecule has 3 heterocycles. The molecule has 1 saturated heterocycles. The molecule has 1 amide bonds. The minimum Gasteiger partial charge on any atom is -0.493 e. The van der Waals surface area contributed by atoms with Crippen molar-refractivity contribution in [3.8, 4) is 17.1 Å². The van der Waals surface area contributed by atoms with Crippen LogP contribution in [0.25, 0.3) is 11.4 Å². The maximum Gasteiger partial charge on any atom is 0.255 e. The molecule has 1 aliphatic rings. The second kappa shape index (κ2) is 8.12. The van der Waals surface area contributed by atoms with Gasteiger partial charge in [0.1, 0.15) is 5.75 Å². The molecule has 3 aromatic rings. The molecule has 0 bridgehead atoms. The summed E-state index contributed by atoms with van der Waals surface area (Å²) < 4.78 is 5.57. The molecule has 0 saturated carbocycles. The largest absolute Gasteiger partial charge is 0.493 e. The Morgan fingerprint density at radius 1 is 1.29 bits per heavy atom. The molecule has 1 aromatic carbocycles. The first-order valence-corrected chi connectivity index (χ1v) is 9.49. The number of amides is 1. The van der Waals surface area contributed by atoms with E-state index >= 15 is 0 Å². The number of para-hydroxylation sites is 1. The number of ether oxygens (including phenoxy) is 1. The molecular formula is C21H23N5O2. The van der Waals surface area contributed by atoms with Crippen LogP contribution in [-0.4, -0.2) is 46.6 Å². The van der Waals surface area contributed by atoms with Crippen molar-refractivity contribution in [3.63, 3.8) is 0 Å². The standard InChI is InChI=1S/C21H23N5O2/c1-2-28-19-8-4-3-6-16(19)20(27)24-15-10-13-26(14-15)21-23-12-9-18(25-21)17-7-5-11-22-17/h3-9,11-12,15,22H,2,10,13-14H2,1H3,(H,24,27). The predicted octanol–water partition coefficient (Wildman–Crippen LogP) is 2.88. The smallest absolute Gasteiger partial charge is 0.255 e. The van der Waals surface area contributed by atoms with Crippen LogP contribution in [0.4, 0.5) is 5.95 Å². The Kier molecular flexibility index (Phi) is 5.23. The van der Waals surface area contributed by atoms with Crippen LogP contribution >= 0.6 is 0 Å². The molecule has 7 heteroatoms. The Hall–Kier alpha value is -3.35. The SMILES string of the molecule is CCOc1ccccc1C(=O)NC1CCN(c2nccc(-c3ccc[nH]3)n2)C1. The van der Waals surface area contributed by atoms with Gasteiger partial charge in [-0.2, -0.15) is 0 Å². The highest BCUT2D eigenvalue weighted by molar-refractivity contribution is 5.97. The first-order chi connectivity index (χ1) is 13.7. The quantitative estimate of drug-likeness (QED) is 0.690. The monoisotopic (exact) mass is 377 g/mol. The van der Waals surface area contributed by atoms with E-state index in [-0.39, 0.29) is 11.9 Å². The fraction of sp³-hybridized carbons (Fsp3) is 0.286. The fourth-order valence-electron chi connectivity index (χ4n) is 3.40. The third-order valence-electron chi connectivity index (χ3n) is 4.75. The predicted molar refractivity (Wildman–Crippen MR) is 108 cm³/mol. The van der Waals surface area contributed by atoms with Crippen molar-refractivity contribution in [2.45, 2.75) is 19.4 Å². The van der Waals surface area contributed by atoms with E-state index in [9.17, 15) is 4.79 Å². The van der Waals surface area contributed by atoms with Crippen molar-refractivity contribution in [1.29, 1.82) is 0 Å². The van der Waals surface area contributed by atoms with Gasteiger partial charge in [-0.15, -0.1) is 0 Å². The zero-order valence-electron chi connectivity index (χ0n) is 15.8. The van der Waals surface area contributed by atoms with Crippen molar-refractivity contribution >= 4 is 11.9 Å². The van der Waals surface area contributed by atoms with Crippen LogP contribution in [0.3, 0.4) is 0 Å². The lowest BCUT2D eigenvalue weighted by molar-refractivity contribution is 0.0936. The van der Waals surface area contributed by atoms with Crippen LogP contribution in [0.15, 0.2) is 54.9 Å². The van der Waals surface area contributed by atoms with Crippen LogP contribution in [0, 0.1) is 0 Å². The second-order valence-corrected chi connectivity index (χ2v) is 6.66. The van der Waals surface area contributed by atoms with E-state index in [0.717, 1.165) is 24.4 Å². The van der Waals surface area contributed by atoms with E-state index in [4.69, 9.17) is 4.74 Å². The third kappa shape index (κ3) is 3.83. The molecule has 1 fully saturated rings. The van der Waals surface area contributed by atoms with Gasteiger partial charge in [-0.3, -0.25) is 4.79 Å².